The van der Waals surface area contributed by atoms with Gasteiger partial charge in [-0.1, -0.05) is 15.9 Å². The summed E-state index contributed by atoms with van der Waals surface area (Å²) in [5, 5.41) is 3.21. The van der Waals surface area contributed by atoms with Gasteiger partial charge in [-0.3, -0.25) is 4.79 Å². The van der Waals surface area contributed by atoms with Crippen molar-refractivity contribution in [3.8, 4) is 11.5 Å². The Morgan fingerprint density at radius 2 is 1.88 bits per heavy atom. The number of hydrogen-bond acceptors (Lipinski definition) is 5. The first kappa shape index (κ1) is 17.0. The Labute approximate surface area is 151 Å². The molecule has 1 amide bonds. The highest BCUT2D eigenvalue weighted by Gasteiger charge is 2.16. The lowest BCUT2D eigenvalue weighted by atomic mass is 10.1. The van der Waals surface area contributed by atoms with Gasteiger partial charge in [-0.05, 0) is 42.5 Å². The maximum absolute atomic E-state index is 12.5. The van der Waals surface area contributed by atoms with E-state index in [0.29, 0.717) is 32.5 Å². The topological polar surface area (TPSA) is 77.8 Å². The molecule has 0 atom stereocenters. The minimum atomic E-state index is -0.639. The summed E-state index contributed by atoms with van der Waals surface area (Å²) >= 11 is 3.31. The van der Waals surface area contributed by atoms with E-state index < -0.39 is 11.5 Å². The van der Waals surface area contributed by atoms with Crippen molar-refractivity contribution in [3.05, 3.63) is 62.9 Å². The van der Waals surface area contributed by atoms with Crippen LogP contribution in [0.2, 0.25) is 0 Å². The van der Waals surface area contributed by atoms with Crippen LogP contribution in [0.25, 0.3) is 11.0 Å². The Hall–Kier alpha value is -2.80. The molecular weight excluding hydrogens is 390 g/mol. The summed E-state index contributed by atoms with van der Waals surface area (Å²) in [5.74, 6) is 0.535. The van der Waals surface area contributed by atoms with Crippen molar-refractivity contribution in [2.24, 2.45) is 0 Å². The quantitative estimate of drug-likeness (QED) is 0.669. The van der Waals surface area contributed by atoms with E-state index in [1.807, 2.05) is 0 Å². The van der Waals surface area contributed by atoms with Gasteiger partial charge < -0.3 is 19.2 Å². The van der Waals surface area contributed by atoms with E-state index in [-0.39, 0.29) is 5.69 Å². The van der Waals surface area contributed by atoms with Crippen molar-refractivity contribution >= 4 is 38.5 Å². The summed E-state index contributed by atoms with van der Waals surface area (Å²) in [6.07, 6.45) is 0. The van der Waals surface area contributed by atoms with Crippen LogP contribution in [0.5, 0.6) is 11.5 Å². The average Bonchev–Trinajstić information content (AvgIpc) is 2.61. The number of methoxy groups -OCH3 is 2. The first-order chi connectivity index (χ1) is 12.0. The molecule has 2 aromatic carbocycles. The summed E-state index contributed by atoms with van der Waals surface area (Å²) in [6.45, 7) is 0. The SMILES string of the molecule is COc1ccc2oc(=O)c(NC(=O)c3cc(Br)ccc3OC)cc2c1. The molecule has 7 heteroatoms. The predicted octanol–water partition coefficient (Wildman–Crippen LogP) is 3.83. The number of carbonyl (C=O) groups is 1. The molecule has 0 saturated carbocycles. The first-order valence-corrected chi connectivity index (χ1v) is 8.08. The van der Waals surface area contributed by atoms with Gasteiger partial charge in [0.1, 0.15) is 22.8 Å². The average molecular weight is 404 g/mol. The van der Waals surface area contributed by atoms with Crippen LogP contribution in [-0.4, -0.2) is 20.1 Å². The Morgan fingerprint density at radius 3 is 2.60 bits per heavy atom. The maximum atomic E-state index is 12.5. The van der Waals surface area contributed by atoms with Crippen LogP contribution in [-0.2, 0) is 0 Å². The van der Waals surface area contributed by atoms with Gasteiger partial charge in [0.25, 0.3) is 5.91 Å². The van der Waals surface area contributed by atoms with E-state index in [9.17, 15) is 9.59 Å². The molecule has 3 aromatic rings. The van der Waals surface area contributed by atoms with E-state index in [1.165, 1.54) is 7.11 Å². The fourth-order valence-electron chi connectivity index (χ4n) is 2.36. The molecule has 6 nitrogen and oxygen atoms in total. The smallest absolute Gasteiger partial charge is 0.360 e. The molecule has 3 rings (SSSR count). The third kappa shape index (κ3) is 3.51. The van der Waals surface area contributed by atoms with E-state index in [0.717, 1.165) is 0 Å². The number of carbonyl (C=O) groups excluding carboxylic acids is 1. The molecule has 0 unspecified atom stereocenters. The lowest BCUT2D eigenvalue weighted by molar-refractivity contribution is 0.102. The number of rotatable bonds is 4. The second kappa shape index (κ2) is 6.98. The van der Waals surface area contributed by atoms with Crippen LogP contribution >= 0.6 is 15.9 Å². The van der Waals surface area contributed by atoms with Crippen LogP contribution < -0.4 is 20.4 Å². The number of nitrogens with one attached hydrogen (secondary N) is 1. The molecule has 0 radical (unpaired) electrons. The molecule has 0 spiro atoms. The molecule has 1 heterocycles. The van der Waals surface area contributed by atoms with Gasteiger partial charge in [-0.2, -0.15) is 0 Å². The highest BCUT2D eigenvalue weighted by molar-refractivity contribution is 9.10. The minimum Gasteiger partial charge on any atom is -0.497 e. The second-order valence-electron chi connectivity index (χ2n) is 5.15. The number of hydrogen-bond donors (Lipinski definition) is 1. The number of fused-ring (bicyclic) bond motifs is 1. The molecule has 0 saturated heterocycles. The lowest BCUT2D eigenvalue weighted by Gasteiger charge is -2.10. The van der Waals surface area contributed by atoms with Gasteiger partial charge in [0.2, 0.25) is 0 Å². The molecule has 0 aliphatic rings. The fraction of sp³-hybridized carbons (Fsp3) is 0.111. The third-order valence-electron chi connectivity index (χ3n) is 3.59. The van der Waals surface area contributed by atoms with E-state index in [4.69, 9.17) is 13.9 Å². The van der Waals surface area contributed by atoms with Crippen LogP contribution in [0.15, 0.2) is 56.1 Å². The molecule has 0 aliphatic carbocycles. The van der Waals surface area contributed by atoms with Crippen molar-refractivity contribution < 1.29 is 18.7 Å². The molecule has 128 valence electrons. The summed E-state index contributed by atoms with van der Waals surface area (Å²) in [7, 11) is 3.01. The summed E-state index contributed by atoms with van der Waals surface area (Å²) < 4.78 is 16.3. The molecule has 0 bridgehead atoms. The predicted molar refractivity (Wildman–Crippen MR) is 97.7 cm³/mol. The molecule has 1 aromatic heterocycles. The molecule has 1 N–H and O–H groups in total. The highest BCUT2D eigenvalue weighted by Crippen LogP contribution is 2.25. The fourth-order valence-corrected chi connectivity index (χ4v) is 2.72. The Bertz CT molecular complexity index is 1010. The largest absolute Gasteiger partial charge is 0.497 e. The van der Waals surface area contributed by atoms with Crippen LogP contribution in [0, 0.1) is 0 Å². The first-order valence-electron chi connectivity index (χ1n) is 7.28. The van der Waals surface area contributed by atoms with Crippen molar-refractivity contribution in [1.82, 2.24) is 0 Å². The van der Waals surface area contributed by atoms with Crippen LogP contribution in [0.1, 0.15) is 10.4 Å². The molecule has 25 heavy (non-hydrogen) atoms. The van der Waals surface area contributed by atoms with Gasteiger partial charge in [-0.15, -0.1) is 0 Å². The number of anilines is 1. The van der Waals surface area contributed by atoms with Gasteiger partial charge >= 0.3 is 5.63 Å². The Morgan fingerprint density at radius 1 is 1.08 bits per heavy atom. The molecule has 0 aliphatic heterocycles. The summed E-state index contributed by atoms with van der Waals surface area (Å²) in [4.78, 5) is 24.7. The lowest BCUT2D eigenvalue weighted by Crippen LogP contribution is -2.18. The number of ether oxygens (including phenoxy) is 2. The highest BCUT2D eigenvalue weighted by atomic mass is 79.9. The van der Waals surface area contributed by atoms with Crippen molar-refractivity contribution in [2.75, 3.05) is 19.5 Å². The van der Waals surface area contributed by atoms with Crippen LogP contribution in [0.4, 0.5) is 5.69 Å². The molecule has 0 fully saturated rings. The second-order valence-corrected chi connectivity index (χ2v) is 6.07. The van der Waals surface area contributed by atoms with Crippen molar-refractivity contribution in [3.63, 3.8) is 0 Å². The van der Waals surface area contributed by atoms with Gasteiger partial charge in [0.05, 0.1) is 19.8 Å². The summed E-state index contributed by atoms with van der Waals surface area (Å²) in [5.41, 5.74) is 0.0959. The van der Waals surface area contributed by atoms with Gasteiger partial charge in [-0.25, -0.2) is 4.79 Å². The minimum absolute atomic E-state index is 0.0350. The van der Waals surface area contributed by atoms with Gasteiger partial charge in [0.15, 0.2) is 0 Å². The van der Waals surface area contributed by atoms with Crippen molar-refractivity contribution in [2.45, 2.75) is 0 Å². The summed E-state index contributed by atoms with van der Waals surface area (Å²) in [6, 6.07) is 11.6. The normalized spacial score (nSPS) is 10.5. The van der Waals surface area contributed by atoms with E-state index >= 15 is 0 Å². The third-order valence-corrected chi connectivity index (χ3v) is 4.09. The van der Waals surface area contributed by atoms with E-state index in [1.54, 1.807) is 49.6 Å². The number of amides is 1. The molecular formula is C18H14BrNO5. The maximum Gasteiger partial charge on any atom is 0.360 e. The van der Waals surface area contributed by atoms with Gasteiger partial charge in [0, 0.05) is 9.86 Å². The standard InChI is InChI=1S/C18H14BrNO5/c1-23-12-4-6-15-10(7-12)8-14(18(22)25-15)20-17(21)13-9-11(19)3-5-16(13)24-2/h3-9H,1-2H3,(H,20,21). The zero-order valence-corrected chi connectivity index (χ0v) is 15.0. The number of benzene rings is 2. The number of halogens is 1. The zero-order chi connectivity index (χ0) is 18.0. The Kier molecular flexibility index (Phi) is 4.76. The zero-order valence-electron chi connectivity index (χ0n) is 13.5. The Balaban J connectivity index is 2.00. The van der Waals surface area contributed by atoms with E-state index in [2.05, 4.69) is 21.2 Å². The van der Waals surface area contributed by atoms with Crippen LogP contribution in [0.3, 0.4) is 0 Å². The monoisotopic (exact) mass is 403 g/mol. The van der Waals surface area contributed by atoms with Crippen molar-refractivity contribution in [1.29, 1.82) is 0 Å².